The monoisotopic (exact) mass is 187 g/mol. The van der Waals surface area contributed by atoms with Gasteiger partial charge in [-0.3, -0.25) is 4.99 Å². The van der Waals surface area contributed by atoms with E-state index >= 15 is 0 Å². The molecule has 5 nitrogen and oxygen atoms in total. The van der Waals surface area contributed by atoms with E-state index in [9.17, 15) is 0 Å². The lowest BCUT2D eigenvalue weighted by molar-refractivity contribution is -0.0563. The lowest BCUT2D eigenvalue weighted by Crippen LogP contribution is -2.54. The molecule has 5 heteroatoms. The summed E-state index contributed by atoms with van der Waals surface area (Å²) in [5, 5.41) is 8.92. The summed E-state index contributed by atoms with van der Waals surface area (Å²) in [6.45, 7) is 3.24. The van der Waals surface area contributed by atoms with Crippen molar-refractivity contribution in [2.45, 2.75) is 19.1 Å². The molecule has 0 bridgehead atoms. The van der Waals surface area contributed by atoms with Crippen molar-refractivity contribution in [3.8, 4) is 0 Å². The smallest absolute Gasteiger partial charge is 0.191 e. The standard InChI is InChI=1S/C8H17N3O2/c1-6-5-13-7(4-12)3-11(6)8(9)10-2/h6-7,12H,3-5H2,1-2H3,(H2,9,10). The average Bonchev–Trinajstić information content (AvgIpc) is 2.17. The van der Waals surface area contributed by atoms with Gasteiger partial charge in [0.15, 0.2) is 5.96 Å². The van der Waals surface area contributed by atoms with Crippen LogP contribution in [0, 0.1) is 0 Å². The van der Waals surface area contributed by atoms with Crippen LogP contribution in [0.2, 0.25) is 0 Å². The molecule has 0 aromatic carbocycles. The fourth-order valence-corrected chi connectivity index (χ4v) is 1.38. The van der Waals surface area contributed by atoms with Gasteiger partial charge in [-0.25, -0.2) is 0 Å². The predicted octanol–water partition coefficient (Wildman–Crippen LogP) is -0.987. The zero-order valence-corrected chi connectivity index (χ0v) is 8.10. The summed E-state index contributed by atoms with van der Waals surface area (Å²) in [7, 11) is 1.66. The Kier molecular flexibility index (Phi) is 3.50. The minimum Gasteiger partial charge on any atom is -0.394 e. The van der Waals surface area contributed by atoms with Crippen LogP contribution in [0.1, 0.15) is 6.92 Å². The fraction of sp³-hybridized carbons (Fsp3) is 0.875. The Labute approximate surface area is 78.2 Å². The van der Waals surface area contributed by atoms with Gasteiger partial charge in [0.2, 0.25) is 0 Å². The van der Waals surface area contributed by atoms with E-state index in [0.717, 1.165) is 0 Å². The van der Waals surface area contributed by atoms with Crippen LogP contribution in [0.3, 0.4) is 0 Å². The number of nitrogens with two attached hydrogens (primary N) is 1. The second-order valence-corrected chi connectivity index (χ2v) is 3.22. The van der Waals surface area contributed by atoms with Crippen molar-refractivity contribution in [1.29, 1.82) is 0 Å². The van der Waals surface area contributed by atoms with E-state index in [1.54, 1.807) is 7.05 Å². The molecule has 1 saturated heterocycles. The lowest BCUT2D eigenvalue weighted by Gasteiger charge is -2.37. The lowest BCUT2D eigenvalue weighted by atomic mass is 10.2. The highest BCUT2D eigenvalue weighted by Crippen LogP contribution is 2.10. The van der Waals surface area contributed by atoms with E-state index in [4.69, 9.17) is 15.6 Å². The van der Waals surface area contributed by atoms with Crippen molar-refractivity contribution in [2.24, 2.45) is 10.7 Å². The number of hydrogen-bond acceptors (Lipinski definition) is 3. The molecule has 2 unspecified atom stereocenters. The number of aliphatic imine (C=N–C) groups is 1. The third-order valence-corrected chi connectivity index (χ3v) is 2.23. The average molecular weight is 187 g/mol. The first-order valence-corrected chi connectivity index (χ1v) is 4.40. The second-order valence-electron chi connectivity index (χ2n) is 3.22. The van der Waals surface area contributed by atoms with Crippen molar-refractivity contribution < 1.29 is 9.84 Å². The van der Waals surface area contributed by atoms with Gasteiger partial charge in [-0.15, -0.1) is 0 Å². The molecule has 0 radical (unpaired) electrons. The molecule has 1 aliphatic heterocycles. The minimum atomic E-state index is -0.142. The van der Waals surface area contributed by atoms with Gasteiger partial charge >= 0.3 is 0 Å². The molecular formula is C8H17N3O2. The van der Waals surface area contributed by atoms with Gasteiger partial charge in [0.25, 0.3) is 0 Å². The van der Waals surface area contributed by atoms with Gasteiger partial charge in [-0.2, -0.15) is 0 Å². The Balaban J connectivity index is 2.60. The highest BCUT2D eigenvalue weighted by atomic mass is 16.5. The van der Waals surface area contributed by atoms with E-state index in [-0.39, 0.29) is 18.8 Å². The van der Waals surface area contributed by atoms with Gasteiger partial charge in [0.05, 0.1) is 25.4 Å². The summed E-state index contributed by atoms with van der Waals surface area (Å²) >= 11 is 0. The molecule has 0 saturated carbocycles. The SMILES string of the molecule is CN=C(N)N1CC(CO)OCC1C. The van der Waals surface area contributed by atoms with E-state index < -0.39 is 0 Å². The van der Waals surface area contributed by atoms with Crippen molar-refractivity contribution >= 4 is 5.96 Å². The quantitative estimate of drug-likeness (QED) is 0.408. The summed E-state index contributed by atoms with van der Waals surface area (Å²) in [6.07, 6.45) is -0.142. The molecule has 1 fully saturated rings. The highest BCUT2D eigenvalue weighted by molar-refractivity contribution is 5.78. The third-order valence-electron chi connectivity index (χ3n) is 2.23. The van der Waals surface area contributed by atoms with Gasteiger partial charge in [0.1, 0.15) is 0 Å². The zero-order chi connectivity index (χ0) is 9.84. The molecular weight excluding hydrogens is 170 g/mol. The normalized spacial score (nSPS) is 30.7. The van der Waals surface area contributed by atoms with Crippen molar-refractivity contribution in [3.63, 3.8) is 0 Å². The van der Waals surface area contributed by atoms with Crippen LogP contribution >= 0.6 is 0 Å². The number of morpholine rings is 1. The van der Waals surface area contributed by atoms with E-state index in [1.165, 1.54) is 0 Å². The van der Waals surface area contributed by atoms with Crippen molar-refractivity contribution in [3.05, 3.63) is 0 Å². The molecule has 1 heterocycles. The molecule has 0 aliphatic carbocycles. The summed E-state index contributed by atoms with van der Waals surface area (Å²) in [5.74, 6) is 0.509. The van der Waals surface area contributed by atoms with Crippen molar-refractivity contribution in [1.82, 2.24) is 4.90 Å². The molecule has 0 aromatic heterocycles. The number of hydrogen-bond donors (Lipinski definition) is 2. The van der Waals surface area contributed by atoms with E-state index in [0.29, 0.717) is 19.1 Å². The largest absolute Gasteiger partial charge is 0.394 e. The first-order valence-electron chi connectivity index (χ1n) is 4.40. The molecule has 0 spiro atoms. The van der Waals surface area contributed by atoms with Crippen LogP contribution in [0.15, 0.2) is 4.99 Å². The first-order chi connectivity index (χ1) is 6.19. The minimum absolute atomic E-state index is 0.0280. The maximum Gasteiger partial charge on any atom is 0.191 e. The van der Waals surface area contributed by atoms with Crippen LogP contribution in [-0.4, -0.2) is 54.9 Å². The van der Waals surface area contributed by atoms with Gasteiger partial charge in [-0.05, 0) is 6.92 Å². The van der Waals surface area contributed by atoms with Gasteiger partial charge < -0.3 is 20.5 Å². The second kappa shape index (κ2) is 4.43. The first kappa shape index (κ1) is 10.3. The summed E-state index contributed by atoms with van der Waals surface area (Å²) in [5.41, 5.74) is 5.69. The molecule has 1 aliphatic rings. The number of rotatable bonds is 1. The number of aliphatic hydroxyl groups excluding tert-OH is 1. The van der Waals surface area contributed by atoms with Crippen molar-refractivity contribution in [2.75, 3.05) is 26.8 Å². The molecule has 0 amide bonds. The highest BCUT2D eigenvalue weighted by Gasteiger charge is 2.26. The third kappa shape index (κ3) is 2.32. The molecule has 3 N–H and O–H groups in total. The molecule has 76 valence electrons. The Hall–Kier alpha value is -0.810. The Morgan fingerprint density at radius 2 is 2.46 bits per heavy atom. The van der Waals surface area contributed by atoms with Crippen LogP contribution < -0.4 is 5.73 Å². The van der Waals surface area contributed by atoms with Gasteiger partial charge in [-0.1, -0.05) is 0 Å². The van der Waals surface area contributed by atoms with Crippen LogP contribution in [0.4, 0.5) is 0 Å². The summed E-state index contributed by atoms with van der Waals surface area (Å²) < 4.78 is 5.36. The number of nitrogens with zero attached hydrogens (tertiary/aromatic N) is 2. The molecule has 2 atom stereocenters. The Morgan fingerprint density at radius 3 is 3.00 bits per heavy atom. The number of ether oxygens (including phenoxy) is 1. The fourth-order valence-electron chi connectivity index (χ4n) is 1.38. The Morgan fingerprint density at radius 1 is 1.77 bits per heavy atom. The summed E-state index contributed by atoms with van der Waals surface area (Å²) in [4.78, 5) is 5.86. The molecule has 13 heavy (non-hydrogen) atoms. The van der Waals surface area contributed by atoms with Crippen LogP contribution in [-0.2, 0) is 4.74 Å². The topological polar surface area (TPSA) is 71.1 Å². The van der Waals surface area contributed by atoms with E-state index in [2.05, 4.69) is 4.99 Å². The molecule has 0 aromatic rings. The molecule has 1 rings (SSSR count). The Bertz CT molecular complexity index is 196. The zero-order valence-electron chi connectivity index (χ0n) is 8.10. The predicted molar refractivity (Wildman–Crippen MR) is 50.5 cm³/mol. The maximum absolute atomic E-state index is 8.92. The number of guanidine groups is 1. The van der Waals surface area contributed by atoms with Crippen LogP contribution in [0.5, 0.6) is 0 Å². The van der Waals surface area contributed by atoms with E-state index in [1.807, 2.05) is 11.8 Å². The summed E-state index contributed by atoms with van der Waals surface area (Å²) in [6, 6.07) is 0.228. The van der Waals surface area contributed by atoms with Crippen LogP contribution in [0.25, 0.3) is 0 Å². The maximum atomic E-state index is 8.92. The number of aliphatic hydroxyl groups is 1. The van der Waals surface area contributed by atoms with Gasteiger partial charge in [0, 0.05) is 13.6 Å².